The number of rotatable bonds is 4. The lowest BCUT2D eigenvalue weighted by Crippen LogP contribution is -2.36. The van der Waals surface area contributed by atoms with E-state index in [4.69, 9.17) is 4.74 Å². The number of halogens is 2. The smallest absolute Gasteiger partial charge is 0.247 e. The third kappa shape index (κ3) is 4.23. The molecule has 2 aromatic carbocycles. The van der Waals surface area contributed by atoms with E-state index in [0.717, 1.165) is 24.0 Å². The molecule has 4 rings (SSSR count). The number of benzene rings is 2. The number of carbonyl (C=O) groups excluding carboxylic acids is 1. The first-order chi connectivity index (χ1) is 14.8. The highest BCUT2D eigenvalue weighted by Gasteiger charge is 2.36. The van der Waals surface area contributed by atoms with E-state index >= 15 is 0 Å². The molecular weight excluding hydrogens is 422 g/mol. The van der Waals surface area contributed by atoms with Crippen molar-refractivity contribution in [1.29, 1.82) is 0 Å². The molecule has 3 aromatic rings. The molecule has 1 aliphatic rings. The van der Waals surface area contributed by atoms with Gasteiger partial charge < -0.3 is 4.74 Å². The molecule has 2 heterocycles. The van der Waals surface area contributed by atoms with Gasteiger partial charge in [0, 0.05) is 18.2 Å². The quantitative estimate of drug-likeness (QED) is 0.529. The Balaban J connectivity index is 1.91. The van der Waals surface area contributed by atoms with Crippen LogP contribution in [0.4, 0.5) is 14.5 Å². The lowest BCUT2D eigenvalue weighted by Gasteiger charge is -2.30. The van der Waals surface area contributed by atoms with Crippen molar-refractivity contribution >= 4 is 23.4 Å². The molecule has 0 fully saturated rings. The van der Waals surface area contributed by atoms with Gasteiger partial charge in [0.15, 0.2) is 5.69 Å². The van der Waals surface area contributed by atoms with Gasteiger partial charge >= 0.3 is 0 Å². The zero-order valence-corrected chi connectivity index (χ0v) is 18.0. The second-order valence-electron chi connectivity index (χ2n) is 7.50. The largest absolute Gasteiger partial charge is 0.447 e. The highest BCUT2D eigenvalue weighted by molar-refractivity contribution is 7.99. The average molecular weight is 442 g/mol. The molecule has 0 saturated heterocycles. The number of nitrogens with zero attached hydrogens (tertiary/aromatic N) is 4. The number of fused-ring (bicyclic) bond motifs is 3. The fraction of sp³-hybridized carbons (Fsp3) is 0.273. The Kier molecular flexibility index (Phi) is 5.86. The van der Waals surface area contributed by atoms with Crippen molar-refractivity contribution in [3.05, 3.63) is 59.7 Å². The monoisotopic (exact) mass is 442 g/mol. The Bertz CT molecular complexity index is 1140. The molecular formula is C22H20F2N4O2S. The van der Waals surface area contributed by atoms with E-state index in [1.807, 2.05) is 0 Å². The van der Waals surface area contributed by atoms with Crippen LogP contribution in [0, 0.1) is 17.6 Å². The van der Waals surface area contributed by atoms with Gasteiger partial charge in [-0.15, -0.1) is 10.2 Å². The van der Waals surface area contributed by atoms with Gasteiger partial charge in [0.2, 0.25) is 23.2 Å². The standard InChI is InChI=1S/C22H20F2N4O2S/c1-12(2)11-31-22-25-20-19(26-27-22)15-6-4-5-7-18(15)28(13(3)29)21(30-20)16-10-14(23)8-9-17(16)24/h4-10,12,21H,11H2,1-3H3. The van der Waals surface area contributed by atoms with Gasteiger partial charge in [-0.3, -0.25) is 9.69 Å². The number of hydrogen-bond acceptors (Lipinski definition) is 6. The minimum atomic E-state index is -1.27. The van der Waals surface area contributed by atoms with Crippen molar-refractivity contribution < 1.29 is 18.3 Å². The topological polar surface area (TPSA) is 68.2 Å². The Labute approximate surface area is 182 Å². The minimum absolute atomic E-state index is 0.103. The van der Waals surface area contributed by atoms with E-state index in [-0.39, 0.29) is 11.4 Å². The number of anilines is 1. The predicted octanol–water partition coefficient (Wildman–Crippen LogP) is 5.01. The number of thioether (sulfide) groups is 1. The van der Waals surface area contributed by atoms with Crippen LogP contribution in [0.25, 0.3) is 11.3 Å². The summed E-state index contributed by atoms with van der Waals surface area (Å²) in [6.07, 6.45) is -1.27. The number of ether oxygens (including phenoxy) is 1. The lowest BCUT2D eigenvalue weighted by atomic mass is 10.1. The molecule has 0 bridgehead atoms. The number of para-hydroxylation sites is 1. The number of hydrogen-bond donors (Lipinski definition) is 0. The Morgan fingerprint density at radius 2 is 1.97 bits per heavy atom. The molecule has 6 nitrogen and oxygen atoms in total. The van der Waals surface area contributed by atoms with Crippen molar-refractivity contribution in [2.75, 3.05) is 10.7 Å². The fourth-order valence-electron chi connectivity index (χ4n) is 3.26. The summed E-state index contributed by atoms with van der Waals surface area (Å²) >= 11 is 1.42. The molecule has 31 heavy (non-hydrogen) atoms. The molecule has 1 aliphatic heterocycles. The first-order valence-electron chi connectivity index (χ1n) is 9.73. The molecule has 1 unspecified atom stereocenters. The van der Waals surface area contributed by atoms with E-state index in [1.165, 1.54) is 23.6 Å². The summed E-state index contributed by atoms with van der Waals surface area (Å²) in [5.41, 5.74) is 1.22. The third-order valence-electron chi connectivity index (χ3n) is 4.62. The summed E-state index contributed by atoms with van der Waals surface area (Å²) < 4.78 is 34.8. The van der Waals surface area contributed by atoms with Crippen molar-refractivity contribution in [2.45, 2.75) is 32.2 Å². The summed E-state index contributed by atoms with van der Waals surface area (Å²) in [5.74, 6) is -0.456. The maximum atomic E-state index is 14.7. The highest BCUT2D eigenvalue weighted by Crippen LogP contribution is 2.43. The highest BCUT2D eigenvalue weighted by atomic mass is 32.2. The van der Waals surface area contributed by atoms with Crippen molar-refractivity contribution in [1.82, 2.24) is 15.2 Å². The zero-order chi connectivity index (χ0) is 22.1. The van der Waals surface area contributed by atoms with Crippen LogP contribution in [-0.2, 0) is 4.79 Å². The first kappa shape index (κ1) is 21.2. The maximum absolute atomic E-state index is 14.7. The van der Waals surface area contributed by atoms with Crippen LogP contribution < -0.4 is 9.64 Å². The normalized spacial score (nSPS) is 15.2. The predicted molar refractivity (Wildman–Crippen MR) is 114 cm³/mol. The van der Waals surface area contributed by atoms with E-state index in [2.05, 4.69) is 29.0 Å². The van der Waals surface area contributed by atoms with Gasteiger partial charge in [-0.2, -0.15) is 4.98 Å². The second kappa shape index (κ2) is 8.58. The van der Waals surface area contributed by atoms with E-state index in [0.29, 0.717) is 28.0 Å². The third-order valence-corrected chi connectivity index (χ3v) is 5.89. The molecule has 0 N–H and O–H groups in total. The summed E-state index contributed by atoms with van der Waals surface area (Å²) in [4.78, 5) is 18.4. The number of amides is 1. The van der Waals surface area contributed by atoms with E-state index < -0.39 is 23.8 Å². The van der Waals surface area contributed by atoms with Crippen LogP contribution in [0.2, 0.25) is 0 Å². The second-order valence-corrected chi connectivity index (χ2v) is 8.48. The summed E-state index contributed by atoms with van der Waals surface area (Å²) in [5, 5.41) is 8.89. The first-order valence-corrected chi connectivity index (χ1v) is 10.7. The number of aromatic nitrogens is 3. The average Bonchev–Trinajstić information content (AvgIpc) is 2.88. The molecule has 0 aliphatic carbocycles. The molecule has 0 spiro atoms. The molecule has 1 aromatic heterocycles. The molecule has 1 atom stereocenters. The summed E-state index contributed by atoms with van der Waals surface area (Å²) in [6.45, 7) is 5.48. The van der Waals surface area contributed by atoms with Crippen molar-refractivity contribution in [3.8, 4) is 17.1 Å². The van der Waals surface area contributed by atoms with Crippen molar-refractivity contribution in [3.63, 3.8) is 0 Å². The maximum Gasteiger partial charge on any atom is 0.247 e. The van der Waals surface area contributed by atoms with Crippen molar-refractivity contribution in [2.24, 2.45) is 5.92 Å². The van der Waals surface area contributed by atoms with Gasteiger partial charge in [0.25, 0.3) is 0 Å². The molecule has 1 amide bonds. The van der Waals surface area contributed by atoms with Crippen LogP contribution >= 0.6 is 11.8 Å². The summed E-state index contributed by atoms with van der Waals surface area (Å²) in [7, 11) is 0. The molecule has 0 radical (unpaired) electrons. The Morgan fingerprint density at radius 3 is 2.71 bits per heavy atom. The summed E-state index contributed by atoms with van der Waals surface area (Å²) in [6, 6.07) is 10.0. The van der Waals surface area contributed by atoms with Crippen LogP contribution in [0.1, 0.15) is 32.6 Å². The minimum Gasteiger partial charge on any atom is -0.447 e. The molecule has 0 saturated carbocycles. The number of carbonyl (C=O) groups is 1. The van der Waals surface area contributed by atoms with E-state index in [9.17, 15) is 13.6 Å². The fourth-order valence-corrected chi connectivity index (χ4v) is 3.99. The Hall–Kier alpha value is -3.07. The zero-order valence-electron chi connectivity index (χ0n) is 17.2. The van der Waals surface area contributed by atoms with Gasteiger partial charge in [-0.1, -0.05) is 43.8 Å². The molecule has 160 valence electrons. The SMILES string of the molecule is CC(=O)N1c2ccccc2-c2nnc(SCC(C)C)nc2OC1c1cc(F)ccc1F. The van der Waals surface area contributed by atoms with Crippen LogP contribution in [0.5, 0.6) is 5.88 Å². The van der Waals surface area contributed by atoms with Gasteiger partial charge in [0.1, 0.15) is 11.6 Å². The van der Waals surface area contributed by atoms with Gasteiger partial charge in [0.05, 0.1) is 11.3 Å². The van der Waals surface area contributed by atoms with Crippen LogP contribution in [-0.4, -0.2) is 26.8 Å². The van der Waals surface area contributed by atoms with Crippen LogP contribution in [0.15, 0.2) is 47.6 Å². The van der Waals surface area contributed by atoms with Gasteiger partial charge in [-0.05, 0) is 30.2 Å². The van der Waals surface area contributed by atoms with Crippen LogP contribution in [0.3, 0.4) is 0 Å². The lowest BCUT2D eigenvalue weighted by molar-refractivity contribution is -0.118. The van der Waals surface area contributed by atoms with Gasteiger partial charge in [-0.25, -0.2) is 8.78 Å². The Morgan fingerprint density at radius 1 is 1.19 bits per heavy atom. The molecule has 9 heteroatoms. The van der Waals surface area contributed by atoms with E-state index in [1.54, 1.807) is 24.3 Å².